The monoisotopic (exact) mass is 455 g/mol. The molecule has 5 rings (SSSR count). The van der Waals surface area contributed by atoms with Gasteiger partial charge in [0.1, 0.15) is 0 Å². The van der Waals surface area contributed by atoms with Crippen LogP contribution in [0.3, 0.4) is 0 Å². The highest BCUT2D eigenvalue weighted by molar-refractivity contribution is 5.89. The number of carbonyl (C=O) groups is 1. The fourth-order valence-corrected chi connectivity index (χ4v) is 5.88. The van der Waals surface area contributed by atoms with Crippen LogP contribution in [0.4, 0.5) is 10.5 Å². The van der Waals surface area contributed by atoms with Gasteiger partial charge in [-0.05, 0) is 69.0 Å². The van der Waals surface area contributed by atoms with Crippen molar-refractivity contribution in [2.24, 2.45) is 5.92 Å². The van der Waals surface area contributed by atoms with Crippen LogP contribution in [0, 0.1) is 24.7 Å². The Morgan fingerprint density at radius 3 is 2.41 bits per heavy atom. The standard InChI is InChI=1S/C30H37N3O/c1-23-8-16-27(17-9-23)31-30(34)33-20-5-19-32-21-18-28(29(32)22-33)26-14-12-25(13-15-26)11-10-24-6-3-2-4-7-24/h8-9,12-17,24,28-29H,2-7,18-22H2,1H3,(H,31,34)/t28-,29+/m1/s1. The summed E-state index contributed by atoms with van der Waals surface area (Å²) in [5.74, 6) is 7.99. The number of hydrogen-bond donors (Lipinski definition) is 1. The van der Waals surface area contributed by atoms with E-state index in [1.165, 1.54) is 43.2 Å². The number of benzene rings is 2. The summed E-state index contributed by atoms with van der Waals surface area (Å²) in [6.07, 6.45) is 8.75. The number of nitrogens with zero attached hydrogens (tertiary/aromatic N) is 2. The Bertz CT molecular complexity index is 1030. The van der Waals surface area contributed by atoms with Crippen LogP contribution in [-0.2, 0) is 0 Å². The molecule has 0 radical (unpaired) electrons. The van der Waals surface area contributed by atoms with Crippen LogP contribution in [-0.4, -0.2) is 48.1 Å². The number of hydrogen-bond acceptors (Lipinski definition) is 2. The van der Waals surface area contributed by atoms with Gasteiger partial charge < -0.3 is 10.2 Å². The summed E-state index contributed by atoms with van der Waals surface area (Å²) in [5, 5.41) is 3.10. The van der Waals surface area contributed by atoms with E-state index in [1.807, 2.05) is 29.2 Å². The predicted octanol–water partition coefficient (Wildman–Crippen LogP) is 6.02. The first kappa shape index (κ1) is 23.0. The number of aryl methyl sites for hydroxylation is 1. The molecule has 2 aromatic carbocycles. The molecule has 4 nitrogen and oxygen atoms in total. The molecule has 3 aliphatic rings. The normalized spacial score (nSPS) is 23.5. The highest BCUT2D eigenvalue weighted by atomic mass is 16.2. The zero-order valence-corrected chi connectivity index (χ0v) is 20.4. The number of amides is 2. The fourth-order valence-electron chi connectivity index (χ4n) is 5.88. The second kappa shape index (κ2) is 10.7. The van der Waals surface area contributed by atoms with Gasteiger partial charge in [0.15, 0.2) is 0 Å². The number of rotatable bonds is 2. The largest absolute Gasteiger partial charge is 0.323 e. The molecule has 1 aliphatic carbocycles. The van der Waals surface area contributed by atoms with Gasteiger partial charge in [-0.25, -0.2) is 4.79 Å². The molecule has 0 bridgehead atoms. The minimum atomic E-state index is 0.0182. The summed E-state index contributed by atoms with van der Waals surface area (Å²) in [6, 6.07) is 17.4. The van der Waals surface area contributed by atoms with E-state index in [2.05, 4.69) is 53.2 Å². The Morgan fingerprint density at radius 1 is 0.882 bits per heavy atom. The zero-order valence-electron chi connectivity index (χ0n) is 20.4. The lowest BCUT2D eigenvalue weighted by molar-refractivity contribution is 0.197. The Morgan fingerprint density at radius 2 is 1.65 bits per heavy atom. The molecule has 0 spiro atoms. The maximum Gasteiger partial charge on any atom is 0.321 e. The first-order valence-electron chi connectivity index (χ1n) is 13.1. The Balaban J connectivity index is 1.25. The van der Waals surface area contributed by atoms with Gasteiger partial charge in [-0.2, -0.15) is 0 Å². The summed E-state index contributed by atoms with van der Waals surface area (Å²) >= 11 is 0. The number of anilines is 1. The van der Waals surface area contributed by atoms with Crippen molar-refractivity contribution < 1.29 is 4.79 Å². The summed E-state index contributed by atoms with van der Waals surface area (Å²) < 4.78 is 0. The molecule has 3 fully saturated rings. The molecule has 2 aromatic rings. The SMILES string of the molecule is Cc1ccc(NC(=O)N2CCCN3CC[C@H](c4ccc(C#CC5CCCCC5)cc4)[C@@H]3C2)cc1. The van der Waals surface area contributed by atoms with Crippen molar-refractivity contribution in [1.82, 2.24) is 9.80 Å². The number of fused-ring (bicyclic) bond motifs is 1. The Labute approximate surface area is 204 Å². The van der Waals surface area contributed by atoms with E-state index in [0.717, 1.165) is 50.3 Å². The molecular formula is C30H37N3O. The molecule has 2 saturated heterocycles. The second-order valence-corrected chi connectivity index (χ2v) is 10.3. The van der Waals surface area contributed by atoms with Crippen molar-refractivity contribution in [2.75, 3.05) is 31.5 Å². The third kappa shape index (κ3) is 5.47. The smallest absolute Gasteiger partial charge is 0.321 e. The van der Waals surface area contributed by atoms with E-state index >= 15 is 0 Å². The minimum absolute atomic E-state index is 0.0182. The van der Waals surface area contributed by atoms with Gasteiger partial charge in [0.05, 0.1) is 0 Å². The number of nitrogens with one attached hydrogen (secondary N) is 1. The fraction of sp³-hybridized carbons (Fsp3) is 0.500. The third-order valence-corrected chi connectivity index (χ3v) is 7.90. The molecule has 2 amide bonds. The van der Waals surface area contributed by atoms with Gasteiger partial charge in [0.2, 0.25) is 0 Å². The van der Waals surface area contributed by atoms with E-state index in [9.17, 15) is 4.79 Å². The van der Waals surface area contributed by atoms with Gasteiger partial charge >= 0.3 is 6.03 Å². The summed E-state index contributed by atoms with van der Waals surface area (Å²) in [4.78, 5) is 17.7. The second-order valence-electron chi connectivity index (χ2n) is 10.3. The van der Waals surface area contributed by atoms with E-state index in [4.69, 9.17) is 0 Å². The first-order chi connectivity index (χ1) is 16.7. The van der Waals surface area contributed by atoms with Crippen LogP contribution in [0.25, 0.3) is 0 Å². The summed E-state index contributed by atoms with van der Waals surface area (Å²) in [6.45, 7) is 5.84. The maximum absolute atomic E-state index is 13.1. The highest BCUT2D eigenvalue weighted by Gasteiger charge is 2.38. The van der Waals surface area contributed by atoms with Crippen molar-refractivity contribution in [3.05, 3.63) is 65.2 Å². The molecule has 178 valence electrons. The van der Waals surface area contributed by atoms with Crippen molar-refractivity contribution in [3.8, 4) is 11.8 Å². The first-order valence-corrected chi connectivity index (χ1v) is 13.1. The Kier molecular flexibility index (Phi) is 7.21. The van der Waals surface area contributed by atoms with E-state index < -0.39 is 0 Å². The minimum Gasteiger partial charge on any atom is -0.323 e. The molecule has 0 aromatic heterocycles. The van der Waals surface area contributed by atoms with Crippen LogP contribution >= 0.6 is 0 Å². The van der Waals surface area contributed by atoms with Gasteiger partial charge in [0, 0.05) is 48.8 Å². The van der Waals surface area contributed by atoms with Gasteiger partial charge in [-0.15, -0.1) is 0 Å². The van der Waals surface area contributed by atoms with Crippen LogP contribution in [0.1, 0.15) is 67.6 Å². The van der Waals surface area contributed by atoms with Gasteiger partial charge in [-0.3, -0.25) is 4.90 Å². The topological polar surface area (TPSA) is 35.6 Å². The lowest BCUT2D eigenvalue weighted by Gasteiger charge is -2.30. The molecular weight excluding hydrogens is 418 g/mol. The van der Waals surface area contributed by atoms with Crippen LogP contribution in [0.15, 0.2) is 48.5 Å². The van der Waals surface area contributed by atoms with Crippen LogP contribution < -0.4 is 5.32 Å². The van der Waals surface area contributed by atoms with Crippen LogP contribution in [0.5, 0.6) is 0 Å². The third-order valence-electron chi connectivity index (χ3n) is 7.90. The van der Waals surface area contributed by atoms with E-state index in [-0.39, 0.29) is 6.03 Å². The molecule has 2 heterocycles. The zero-order chi connectivity index (χ0) is 23.3. The molecule has 34 heavy (non-hydrogen) atoms. The lowest BCUT2D eigenvalue weighted by atomic mass is 9.89. The predicted molar refractivity (Wildman–Crippen MR) is 139 cm³/mol. The summed E-state index contributed by atoms with van der Waals surface area (Å²) in [7, 11) is 0. The molecule has 1 saturated carbocycles. The average Bonchev–Trinajstić information content (AvgIpc) is 3.14. The van der Waals surface area contributed by atoms with Crippen molar-refractivity contribution in [3.63, 3.8) is 0 Å². The van der Waals surface area contributed by atoms with Crippen molar-refractivity contribution in [2.45, 2.75) is 63.8 Å². The van der Waals surface area contributed by atoms with Gasteiger partial charge in [0.25, 0.3) is 0 Å². The summed E-state index contributed by atoms with van der Waals surface area (Å²) in [5.41, 5.74) is 4.58. The molecule has 2 atom stereocenters. The lowest BCUT2D eigenvalue weighted by Crippen LogP contribution is -2.43. The van der Waals surface area contributed by atoms with E-state index in [0.29, 0.717) is 17.9 Å². The quantitative estimate of drug-likeness (QED) is 0.562. The van der Waals surface area contributed by atoms with Crippen molar-refractivity contribution >= 4 is 11.7 Å². The molecule has 1 N–H and O–H groups in total. The highest BCUT2D eigenvalue weighted by Crippen LogP contribution is 2.35. The molecule has 0 unspecified atom stereocenters. The number of urea groups is 1. The average molecular weight is 456 g/mol. The molecule has 4 heteroatoms. The van der Waals surface area contributed by atoms with Crippen molar-refractivity contribution in [1.29, 1.82) is 0 Å². The molecule has 2 aliphatic heterocycles. The van der Waals surface area contributed by atoms with E-state index in [1.54, 1.807) is 0 Å². The van der Waals surface area contributed by atoms with Crippen LogP contribution in [0.2, 0.25) is 0 Å². The Hall–Kier alpha value is -2.77. The number of carbonyl (C=O) groups excluding carboxylic acids is 1. The maximum atomic E-state index is 13.1. The van der Waals surface area contributed by atoms with Gasteiger partial charge in [-0.1, -0.05) is 60.9 Å².